The minimum Gasteiger partial charge on any atom is -0.363 e. The quantitative estimate of drug-likeness (QED) is 0.320. The number of nitrogens with zero attached hydrogens (tertiary/aromatic N) is 3. The van der Waals surface area contributed by atoms with E-state index in [4.69, 9.17) is 0 Å². The van der Waals surface area contributed by atoms with E-state index in [2.05, 4.69) is 4.99 Å². The molecule has 0 amide bonds. The third kappa shape index (κ3) is 2.52. The number of hydrogen-bond donors (Lipinski definition) is 0. The number of nitro groups is 1. The molecule has 5 heteroatoms. The fourth-order valence-electron chi connectivity index (χ4n) is 1.32. The van der Waals surface area contributed by atoms with Gasteiger partial charge in [-0.2, -0.15) is 0 Å². The average Bonchev–Trinajstić information content (AvgIpc) is 2.19. The van der Waals surface area contributed by atoms with Crippen molar-refractivity contribution in [2.24, 2.45) is 4.99 Å². The molecule has 1 aromatic carbocycles. The first kappa shape index (κ1) is 11.2. The van der Waals surface area contributed by atoms with E-state index in [1.54, 1.807) is 19.2 Å². The summed E-state index contributed by atoms with van der Waals surface area (Å²) in [6, 6.07) is 6.34. The molecule has 0 atom stereocenters. The summed E-state index contributed by atoms with van der Waals surface area (Å²) in [5.74, 6) is 0.796. The topological polar surface area (TPSA) is 58.7 Å². The summed E-state index contributed by atoms with van der Waals surface area (Å²) in [5.41, 5.74) is 0.959. The van der Waals surface area contributed by atoms with Gasteiger partial charge in [0.2, 0.25) is 0 Å². The third-order valence-corrected chi connectivity index (χ3v) is 1.97. The molecule has 0 heterocycles. The molecule has 5 nitrogen and oxygen atoms in total. The highest BCUT2D eigenvalue weighted by Crippen LogP contribution is 2.13. The Labute approximate surface area is 88.2 Å². The second-order valence-electron chi connectivity index (χ2n) is 3.25. The fraction of sp³-hybridized carbons (Fsp3) is 0.300. The van der Waals surface area contributed by atoms with Crippen molar-refractivity contribution in [1.29, 1.82) is 0 Å². The van der Waals surface area contributed by atoms with E-state index in [1.807, 2.05) is 19.0 Å². The molecule has 0 bridgehead atoms. The highest BCUT2D eigenvalue weighted by molar-refractivity contribution is 5.98. The summed E-state index contributed by atoms with van der Waals surface area (Å²) < 4.78 is 0. The van der Waals surface area contributed by atoms with Crippen molar-refractivity contribution in [3.63, 3.8) is 0 Å². The van der Waals surface area contributed by atoms with E-state index in [-0.39, 0.29) is 5.69 Å². The highest BCUT2D eigenvalue weighted by Gasteiger charge is 2.08. The zero-order valence-corrected chi connectivity index (χ0v) is 8.97. The maximum Gasteiger partial charge on any atom is 0.269 e. The minimum absolute atomic E-state index is 0.0907. The monoisotopic (exact) mass is 207 g/mol. The van der Waals surface area contributed by atoms with Crippen LogP contribution in [0, 0.1) is 10.1 Å². The Hall–Kier alpha value is -1.91. The van der Waals surface area contributed by atoms with Crippen LogP contribution >= 0.6 is 0 Å². The zero-order valence-electron chi connectivity index (χ0n) is 8.97. The van der Waals surface area contributed by atoms with Crippen LogP contribution in [-0.4, -0.2) is 36.8 Å². The number of aliphatic imine (C=N–C) groups is 1. The van der Waals surface area contributed by atoms with Crippen molar-refractivity contribution in [3.8, 4) is 0 Å². The molecule has 0 spiro atoms. The van der Waals surface area contributed by atoms with Crippen molar-refractivity contribution < 1.29 is 4.92 Å². The molecule has 0 aliphatic rings. The van der Waals surface area contributed by atoms with E-state index < -0.39 is 4.92 Å². The lowest BCUT2D eigenvalue weighted by Crippen LogP contribution is -2.22. The smallest absolute Gasteiger partial charge is 0.269 e. The predicted octanol–water partition coefficient (Wildman–Crippen LogP) is 1.53. The predicted molar refractivity (Wildman–Crippen MR) is 59.2 cm³/mol. The van der Waals surface area contributed by atoms with Crippen LogP contribution in [0.2, 0.25) is 0 Å². The van der Waals surface area contributed by atoms with Crippen LogP contribution in [0.25, 0.3) is 0 Å². The second-order valence-corrected chi connectivity index (χ2v) is 3.25. The van der Waals surface area contributed by atoms with Crippen LogP contribution in [0.1, 0.15) is 5.56 Å². The Morgan fingerprint density at radius 3 is 2.20 bits per heavy atom. The highest BCUT2D eigenvalue weighted by atomic mass is 16.6. The van der Waals surface area contributed by atoms with Crippen molar-refractivity contribution in [2.45, 2.75) is 0 Å². The lowest BCUT2D eigenvalue weighted by atomic mass is 10.2. The Balaban J connectivity index is 3.03. The molecule has 0 unspecified atom stereocenters. The molecule has 80 valence electrons. The average molecular weight is 207 g/mol. The second kappa shape index (κ2) is 4.54. The molecular weight excluding hydrogens is 194 g/mol. The molecule has 0 saturated carbocycles. The third-order valence-electron chi connectivity index (χ3n) is 1.97. The van der Waals surface area contributed by atoms with Gasteiger partial charge in [0.15, 0.2) is 0 Å². The summed E-state index contributed by atoms with van der Waals surface area (Å²) >= 11 is 0. The number of amidine groups is 1. The van der Waals surface area contributed by atoms with Crippen LogP contribution in [0.4, 0.5) is 5.69 Å². The number of rotatable bonds is 2. The van der Waals surface area contributed by atoms with E-state index in [1.165, 1.54) is 12.1 Å². The Bertz CT molecular complexity index is 382. The lowest BCUT2D eigenvalue weighted by molar-refractivity contribution is -0.384. The van der Waals surface area contributed by atoms with Gasteiger partial charge in [0.05, 0.1) is 4.92 Å². The van der Waals surface area contributed by atoms with Crippen molar-refractivity contribution >= 4 is 11.5 Å². The zero-order chi connectivity index (χ0) is 11.4. The van der Waals surface area contributed by atoms with Gasteiger partial charge in [-0.05, 0) is 12.1 Å². The van der Waals surface area contributed by atoms with Gasteiger partial charge in [-0.25, -0.2) is 0 Å². The van der Waals surface area contributed by atoms with Crippen molar-refractivity contribution in [3.05, 3.63) is 39.9 Å². The Morgan fingerprint density at radius 2 is 1.87 bits per heavy atom. The standard InChI is InChI=1S/C10H13N3O2/c1-11-10(12(2)3)8-4-6-9(7-5-8)13(14)15/h4-7H,1-3H3. The normalized spacial score (nSPS) is 11.3. The van der Waals surface area contributed by atoms with Gasteiger partial charge < -0.3 is 4.90 Å². The molecular formula is C10H13N3O2. The largest absolute Gasteiger partial charge is 0.363 e. The summed E-state index contributed by atoms with van der Waals surface area (Å²) in [4.78, 5) is 16.0. The van der Waals surface area contributed by atoms with E-state index in [0.29, 0.717) is 0 Å². The lowest BCUT2D eigenvalue weighted by Gasteiger charge is -2.14. The van der Waals surface area contributed by atoms with Crippen molar-refractivity contribution in [1.82, 2.24) is 4.90 Å². The van der Waals surface area contributed by atoms with Crippen LogP contribution in [0.5, 0.6) is 0 Å². The van der Waals surface area contributed by atoms with E-state index in [9.17, 15) is 10.1 Å². The number of nitro benzene ring substituents is 1. The summed E-state index contributed by atoms with van der Waals surface area (Å²) in [6.45, 7) is 0. The van der Waals surface area contributed by atoms with Gasteiger partial charge in [0, 0.05) is 38.8 Å². The molecule has 0 N–H and O–H groups in total. The minimum atomic E-state index is -0.414. The SMILES string of the molecule is CN=C(c1ccc([N+](=O)[O-])cc1)N(C)C. The summed E-state index contributed by atoms with van der Waals surface area (Å²) in [5, 5.41) is 10.5. The summed E-state index contributed by atoms with van der Waals surface area (Å²) in [6.07, 6.45) is 0. The van der Waals surface area contributed by atoms with Crippen LogP contribution in [0.3, 0.4) is 0 Å². The molecule has 1 aromatic rings. The van der Waals surface area contributed by atoms with Gasteiger partial charge in [-0.3, -0.25) is 15.1 Å². The van der Waals surface area contributed by atoms with Crippen molar-refractivity contribution in [2.75, 3.05) is 21.1 Å². The number of non-ortho nitro benzene ring substituents is 1. The fourth-order valence-corrected chi connectivity index (χ4v) is 1.32. The van der Waals surface area contributed by atoms with Crippen LogP contribution in [0.15, 0.2) is 29.3 Å². The van der Waals surface area contributed by atoms with E-state index >= 15 is 0 Å². The van der Waals surface area contributed by atoms with Gasteiger partial charge in [-0.1, -0.05) is 0 Å². The molecule has 0 saturated heterocycles. The first-order valence-electron chi connectivity index (χ1n) is 4.45. The molecule has 0 aliphatic carbocycles. The Kier molecular flexibility index (Phi) is 3.38. The molecule has 0 radical (unpaired) electrons. The molecule has 0 fully saturated rings. The first-order valence-corrected chi connectivity index (χ1v) is 4.45. The maximum atomic E-state index is 10.5. The van der Waals surface area contributed by atoms with Gasteiger partial charge in [0.1, 0.15) is 5.84 Å². The Morgan fingerprint density at radius 1 is 1.33 bits per heavy atom. The number of hydrogen-bond acceptors (Lipinski definition) is 3. The van der Waals surface area contributed by atoms with Crippen LogP contribution < -0.4 is 0 Å². The number of benzene rings is 1. The van der Waals surface area contributed by atoms with Gasteiger partial charge in [0.25, 0.3) is 5.69 Å². The van der Waals surface area contributed by atoms with Gasteiger partial charge >= 0.3 is 0 Å². The summed E-state index contributed by atoms with van der Waals surface area (Å²) in [7, 11) is 5.45. The molecule has 0 aliphatic heterocycles. The molecule has 1 rings (SSSR count). The van der Waals surface area contributed by atoms with E-state index in [0.717, 1.165) is 11.4 Å². The molecule has 0 aromatic heterocycles. The first-order chi connectivity index (χ1) is 7.06. The van der Waals surface area contributed by atoms with Gasteiger partial charge in [-0.15, -0.1) is 0 Å². The van der Waals surface area contributed by atoms with Crippen LogP contribution in [-0.2, 0) is 0 Å². The molecule has 15 heavy (non-hydrogen) atoms. The maximum absolute atomic E-state index is 10.5.